The fourth-order valence-corrected chi connectivity index (χ4v) is 4.28. The Morgan fingerprint density at radius 2 is 2.16 bits per heavy atom. The average Bonchev–Trinajstić information content (AvgIpc) is 3.21. The van der Waals surface area contributed by atoms with Crippen molar-refractivity contribution >= 4 is 17.5 Å². The lowest BCUT2D eigenvalue weighted by molar-refractivity contribution is -0.136. The highest BCUT2D eigenvalue weighted by molar-refractivity contribution is 6.30. The predicted octanol–water partition coefficient (Wildman–Crippen LogP) is 2.27. The molecular formula is C19H23ClN4O. The molecule has 1 N–H and O–H groups in total. The summed E-state index contributed by atoms with van der Waals surface area (Å²) in [5.74, 6) is 0.434. The van der Waals surface area contributed by atoms with Crippen LogP contribution < -0.4 is 5.32 Å². The number of nitrogens with zero attached hydrogens (tertiary/aromatic N) is 3. The van der Waals surface area contributed by atoms with E-state index in [4.69, 9.17) is 11.6 Å². The van der Waals surface area contributed by atoms with Crippen molar-refractivity contribution < 1.29 is 4.79 Å². The van der Waals surface area contributed by atoms with E-state index in [1.165, 1.54) is 16.7 Å². The largest absolute Gasteiger partial charge is 0.338 e. The van der Waals surface area contributed by atoms with E-state index >= 15 is 0 Å². The van der Waals surface area contributed by atoms with Crippen molar-refractivity contribution in [1.29, 1.82) is 0 Å². The Labute approximate surface area is 153 Å². The number of benzene rings is 1. The van der Waals surface area contributed by atoms with E-state index < -0.39 is 0 Å². The summed E-state index contributed by atoms with van der Waals surface area (Å²) in [7, 11) is 1.95. The van der Waals surface area contributed by atoms with Crippen LogP contribution in [0.4, 0.5) is 0 Å². The Morgan fingerprint density at radius 1 is 1.32 bits per heavy atom. The second-order valence-corrected chi connectivity index (χ2v) is 7.54. The molecule has 4 rings (SSSR count). The van der Waals surface area contributed by atoms with Crippen LogP contribution in [-0.4, -0.2) is 40.2 Å². The van der Waals surface area contributed by atoms with Gasteiger partial charge in [0, 0.05) is 49.9 Å². The third kappa shape index (κ3) is 2.96. The van der Waals surface area contributed by atoms with Crippen LogP contribution in [0.25, 0.3) is 0 Å². The summed E-state index contributed by atoms with van der Waals surface area (Å²) < 4.78 is 1.88. The van der Waals surface area contributed by atoms with Gasteiger partial charge in [0.05, 0.1) is 12.1 Å². The smallest absolute Gasteiger partial charge is 0.227 e. The number of carbonyl (C=O) groups is 1. The number of amides is 1. The SMILES string of the molecule is Cc1c([C@H]2CNC[C@@H]2C(=O)N2CCc3cc(Cl)ccc3C2)cnn1C. The van der Waals surface area contributed by atoms with Crippen molar-refractivity contribution in [2.24, 2.45) is 13.0 Å². The van der Waals surface area contributed by atoms with E-state index in [2.05, 4.69) is 17.3 Å². The maximum absolute atomic E-state index is 13.2. The highest BCUT2D eigenvalue weighted by Crippen LogP contribution is 2.33. The lowest BCUT2D eigenvalue weighted by Crippen LogP contribution is -2.41. The molecule has 0 radical (unpaired) electrons. The lowest BCUT2D eigenvalue weighted by Gasteiger charge is -2.32. The van der Waals surface area contributed by atoms with Crippen LogP contribution in [0.1, 0.15) is 28.3 Å². The van der Waals surface area contributed by atoms with Crippen molar-refractivity contribution in [2.45, 2.75) is 25.8 Å². The summed E-state index contributed by atoms with van der Waals surface area (Å²) in [6.07, 6.45) is 2.79. The minimum atomic E-state index is -0.0169. The zero-order valence-electron chi connectivity index (χ0n) is 14.6. The van der Waals surface area contributed by atoms with Gasteiger partial charge < -0.3 is 10.2 Å². The molecule has 0 bridgehead atoms. The molecule has 1 aromatic heterocycles. The zero-order valence-corrected chi connectivity index (χ0v) is 15.4. The number of carbonyl (C=O) groups excluding carboxylic acids is 1. The molecule has 6 heteroatoms. The molecule has 25 heavy (non-hydrogen) atoms. The fraction of sp³-hybridized carbons (Fsp3) is 0.474. The van der Waals surface area contributed by atoms with Crippen molar-refractivity contribution in [3.8, 4) is 0 Å². The maximum Gasteiger partial charge on any atom is 0.227 e. The van der Waals surface area contributed by atoms with E-state index in [9.17, 15) is 4.79 Å². The highest BCUT2D eigenvalue weighted by Gasteiger charge is 2.38. The number of hydrogen-bond donors (Lipinski definition) is 1. The van der Waals surface area contributed by atoms with Gasteiger partial charge >= 0.3 is 0 Å². The van der Waals surface area contributed by atoms with Crippen molar-refractivity contribution in [1.82, 2.24) is 20.0 Å². The predicted molar refractivity (Wildman–Crippen MR) is 97.6 cm³/mol. The van der Waals surface area contributed by atoms with E-state index in [1.54, 1.807) is 0 Å². The molecule has 5 nitrogen and oxygen atoms in total. The topological polar surface area (TPSA) is 50.2 Å². The van der Waals surface area contributed by atoms with Gasteiger partial charge in [-0.25, -0.2) is 0 Å². The quantitative estimate of drug-likeness (QED) is 0.896. The first-order valence-corrected chi connectivity index (χ1v) is 9.17. The second-order valence-electron chi connectivity index (χ2n) is 7.10. The van der Waals surface area contributed by atoms with Crippen molar-refractivity contribution in [3.05, 3.63) is 51.8 Å². The van der Waals surface area contributed by atoms with E-state index in [-0.39, 0.29) is 17.7 Å². The lowest BCUT2D eigenvalue weighted by atomic mass is 9.87. The average molecular weight is 359 g/mol. The Hall–Kier alpha value is -1.85. The van der Waals surface area contributed by atoms with Gasteiger partial charge in [-0.3, -0.25) is 9.48 Å². The maximum atomic E-state index is 13.2. The number of halogens is 1. The summed E-state index contributed by atoms with van der Waals surface area (Å²) in [5, 5.41) is 8.53. The fourth-order valence-electron chi connectivity index (χ4n) is 4.09. The number of aryl methyl sites for hydroxylation is 1. The van der Waals surface area contributed by atoms with Gasteiger partial charge in [-0.15, -0.1) is 0 Å². The molecule has 2 atom stereocenters. The van der Waals surface area contributed by atoms with Crippen LogP contribution >= 0.6 is 11.6 Å². The standard InChI is InChI=1S/C19H23ClN4O/c1-12-16(10-22-23(12)2)17-8-21-9-18(17)19(25)24-6-5-13-7-15(20)4-3-14(13)11-24/h3-4,7,10,17-18,21H,5-6,8-9,11H2,1-2H3/t17-,18+/m1/s1. The number of nitrogens with one attached hydrogen (secondary N) is 1. The van der Waals surface area contributed by atoms with Gasteiger partial charge in [0.25, 0.3) is 0 Å². The van der Waals surface area contributed by atoms with E-state index in [0.29, 0.717) is 6.54 Å². The van der Waals surface area contributed by atoms with Gasteiger partial charge in [0.1, 0.15) is 0 Å². The third-order valence-corrected chi connectivity index (χ3v) is 5.93. The monoisotopic (exact) mass is 358 g/mol. The minimum absolute atomic E-state index is 0.0169. The van der Waals surface area contributed by atoms with Crippen LogP contribution in [0, 0.1) is 12.8 Å². The summed E-state index contributed by atoms with van der Waals surface area (Å²) in [6.45, 7) is 5.09. The highest BCUT2D eigenvalue weighted by atomic mass is 35.5. The van der Waals surface area contributed by atoms with Crippen LogP contribution in [0.15, 0.2) is 24.4 Å². The summed E-state index contributed by atoms with van der Waals surface area (Å²) in [4.78, 5) is 15.2. The number of aromatic nitrogens is 2. The molecule has 0 saturated carbocycles. The molecule has 2 aliphatic rings. The Balaban J connectivity index is 1.54. The van der Waals surface area contributed by atoms with E-state index in [1.807, 2.05) is 41.0 Å². The first-order chi connectivity index (χ1) is 12.0. The molecule has 0 spiro atoms. The minimum Gasteiger partial charge on any atom is -0.338 e. The zero-order chi connectivity index (χ0) is 17.6. The molecule has 2 aliphatic heterocycles. The molecule has 1 saturated heterocycles. The van der Waals surface area contributed by atoms with Gasteiger partial charge in [0.15, 0.2) is 0 Å². The van der Waals surface area contributed by atoms with Gasteiger partial charge in [-0.1, -0.05) is 17.7 Å². The molecule has 0 aliphatic carbocycles. The summed E-state index contributed by atoms with van der Waals surface area (Å²) >= 11 is 6.09. The molecule has 3 heterocycles. The van der Waals surface area contributed by atoms with Gasteiger partial charge in [-0.05, 0) is 42.2 Å². The van der Waals surface area contributed by atoms with E-state index in [0.717, 1.165) is 36.8 Å². The van der Waals surface area contributed by atoms with Crippen LogP contribution in [-0.2, 0) is 24.8 Å². The third-order valence-electron chi connectivity index (χ3n) is 5.70. The molecule has 0 unspecified atom stereocenters. The Bertz CT molecular complexity index is 816. The molecule has 132 valence electrons. The molecule has 2 aromatic rings. The Kier molecular flexibility index (Phi) is 4.29. The van der Waals surface area contributed by atoms with Crippen LogP contribution in [0.3, 0.4) is 0 Å². The first-order valence-electron chi connectivity index (χ1n) is 8.80. The summed E-state index contributed by atoms with van der Waals surface area (Å²) in [6, 6.07) is 5.98. The molecule has 1 amide bonds. The summed E-state index contributed by atoms with van der Waals surface area (Å²) in [5.41, 5.74) is 4.81. The van der Waals surface area contributed by atoms with Gasteiger partial charge in [-0.2, -0.15) is 5.10 Å². The molecule has 1 fully saturated rings. The number of hydrogen-bond acceptors (Lipinski definition) is 3. The van der Waals surface area contributed by atoms with Crippen molar-refractivity contribution in [2.75, 3.05) is 19.6 Å². The first kappa shape index (κ1) is 16.6. The molecule has 1 aromatic carbocycles. The van der Waals surface area contributed by atoms with Crippen LogP contribution in [0.5, 0.6) is 0 Å². The molecular weight excluding hydrogens is 336 g/mol. The van der Waals surface area contributed by atoms with Gasteiger partial charge in [0.2, 0.25) is 5.91 Å². The van der Waals surface area contributed by atoms with Crippen LogP contribution in [0.2, 0.25) is 5.02 Å². The van der Waals surface area contributed by atoms with Crippen molar-refractivity contribution in [3.63, 3.8) is 0 Å². The second kappa shape index (κ2) is 6.46. The Morgan fingerprint density at radius 3 is 2.92 bits per heavy atom. The number of fused-ring (bicyclic) bond motifs is 1. The number of rotatable bonds is 2. The normalized spacial score (nSPS) is 22.9.